The molecule has 1 N–H and O–H groups in total. The molecule has 160 valence electrons. The van der Waals surface area contributed by atoms with E-state index in [0.717, 1.165) is 25.5 Å². The first-order valence-corrected chi connectivity index (χ1v) is 9.46. The van der Waals surface area contributed by atoms with Gasteiger partial charge in [0, 0.05) is 24.5 Å². The fraction of sp³-hybridized carbons (Fsp3) is 0.381. The number of carbonyl (C=O) groups is 2. The summed E-state index contributed by atoms with van der Waals surface area (Å²) in [5, 5.41) is 2.94. The van der Waals surface area contributed by atoms with Gasteiger partial charge in [-0.15, -0.1) is 0 Å². The average Bonchev–Trinajstić information content (AvgIpc) is 3.57. The van der Waals surface area contributed by atoms with E-state index >= 15 is 0 Å². The van der Waals surface area contributed by atoms with Crippen LogP contribution in [0.3, 0.4) is 0 Å². The molecule has 0 radical (unpaired) electrons. The number of esters is 1. The molecule has 2 aliphatic carbocycles. The molecule has 30 heavy (non-hydrogen) atoms. The Bertz CT molecular complexity index is 947. The number of amides is 1. The summed E-state index contributed by atoms with van der Waals surface area (Å²) in [7, 11) is 2.76. The number of aromatic nitrogens is 1. The molecule has 0 aliphatic heterocycles. The summed E-state index contributed by atoms with van der Waals surface area (Å²) >= 11 is 0. The van der Waals surface area contributed by atoms with Crippen LogP contribution in [0.1, 0.15) is 47.5 Å². The van der Waals surface area contributed by atoms with Crippen molar-refractivity contribution in [2.24, 2.45) is 0 Å². The zero-order valence-corrected chi connectivity index (χ0v) is 16.7. The number of ether oxygens (including phenoxy) is 1. The molecular formula is C21H22F3N3O3. The molecule has 1 heterocycles. The van der Waals surface area contributed by atoms with Crippen LogP contribution in [0.25, 0.3) is 0 Å². The molecule has 1 saturated carbocycles. The van der Waals surface area contributed by atoms with Gasteiger partial charge in [0.1, 0.15) is 5.56 Å². The molecule has 0 atom stereocenters. The van der Waals surface area contributed by atoms with Crippen LogP contribution in [-0.2, 0) is 9.53 Å². The minimum absolute atomic E-state index is 0.0280. The van der Waals surface area contributed by atoms with Crippen molar-refractivity contribution in [3.05, 3.63) is 59.1 Å². The third kappa shape index (κ3) is 4.10. The number of allylic oxidation sites excluding steroid dienone is 3. The Balaban J connectivity index is 2.23. The molecule has 0 spiro atoms. The van der Waals surface area contributed by atoms with Crippen molar-refractivity contribution in [2.75, 3.05) is 19.1 Å². The number of hydrogen-bond acceptors (Lipinski definition) is 5. The third-order valence-electron chi connectivity index (χ3n) is 5.08. The lowest BCUT2D eigenvalue weighted by atomic mass is 9.97. The van der Waals surface area contributed by atoms with E-state index in [4.69, 9.17) is 4.74 Å². The highest BCUT2D eigenvalue weighted by Gasteiger charge is 2.46. The Morgan fingerprint density at radius 3 is 2.60 bits per heavy atom. The quantitative estimate of drug-likeness (QED) is 0.704. The van der Waals surface area contributed by atoms with E-state index < -0.39 is 23.9 Å². The Morgan fingerprint density at radius 1 is 1.37 bits per heavy atom. The van der Waals surface area contributed by atoms with Crippen LogP contribution in [0, 0.1) is 0 Å². The molecule has 0 aromatic carbocycles. The molecule has 6 nitrogen and oxygen atoms in total. The molecule has 1 aromatic rings. The molecule has 3 rings (SSSR count). The molecule has 2 aliphatic rings. The van der Waals surface area contributed by atoms with E-state index in [1.807, 2.05) is 0 Å². The minimum atomic E-state index is -5.19. The first kappa shape index (κ1) is 21.6. The summed E-state index contributed by atoms with van der Waals surface area (Å²) in [6.45, 7) is 3.68. The number of nitrogens with zero attached hydrogens (tertiary/aromatic N) is 2. The van der Waals surface area contributed by atoms with Crippen LogP contribution in [0.5, 0.6) is 0 Å². The fourth-order valence-electron chi connectivity index (χ4n) is 3.45. The van der Waals surface area contributed by atoms with Crippen molar-refractivity contribution in [3.8, 4) is 0 Å². The number of alkyl halides is 3. The number of pyridine rings is 1. The van der Waals surface area contributed by atoms with Gasteiger partial charge in [0.25, 0.3) is 0 Å². The lowest BCUT2D eigenvalue weighted by molar-refractivity contribution is -0.169. The van der Waals surface area contributed by atoms with Crippen LogP contribution >= 0.6 is 0 Å². The van der Waals surface area contributed by atoms with Crippen molar-refractivity contribution >= 4 is 17.7 Å². The van der Waals surface area contributed by atoms with Crippen LogP contribution in [0.2, 0.25) is 0 Å². The van der Waals surface area contributed by atoms with Crippen LogP contribution in [0.4, 0.5) is 19.0 Å². The average molecular weight is 421 g/mol. The number of rotatable bonds is 6. The predicted molar refractivity (Wildman–Crippen MR) is 105 cm³/mol. The normalized spacial score (nSPS) is 16.6. The van der Waals surface area contributed by atoms with Crippen molar-refractivity contribution < 1.29 is 27.5 Å². The minimum Gasteiger partial charge on any atom is -0.465 e. The van der Waals surface area contributed by atoms with Gasteiger partial charge >= 0.3 is 18.1 Å². The SMILES string of the molecule is C=CC1=C(NC)CCC=C1N(C(=O)C(F)(F)F)c1ncc(C2CC2)cc1C(=O)OC. The summed E-state index contributed by atoms with van der Waals surface area (Å²) in [6, 6.07) is 1.46. The summed E-state index contributed by atoms with van der Waals surface area (Å²) in [6.07, 6.45) is 1.89. The second kappa shape index (κ2) is 8.33. The maximum absolute atomic E-state index is 13.6. The smallest absolute Gasteiger partial charge is 0.465 e. The molecule has 1 amide bonds. The van der Waals surface area contributed by atoms with E-state index in [-0.39, 0.29) is 17.2 Å². The molecule has 9 heteroatoms. The van der Waals surface area contributed by atoms with Crippen LogP contribution in [-0.4, -0.2) is 37.2 Å². The predicted octanol–water partition coefficient (Wildman–Crippen LogP) is 3.98. The Labute approximate surface area is 172 Å². The molecule has 0 bridgehead atoms. The number of nitrogens with one attached hydrogen (secondary N) is 1. The Morgan fingerprint density at radius 2 is 2.07 bits per heavy atom. The Hall–Kier alpha value is -3.10. The molecule has 0 unspecified atom stereocenters. The fourth-order valence-corrected chi connectivity index (χ4v) is 3.45. The standard InChI is InChI=1S/C21H22F3N3O3/c1-4-14-16(25-2)6-5-7-17(14)27(20(29)21(22,23)24)18-15(19(28)30-3)10-13(11-26-18)12-8-9-12/h4,7,10-12,25H,1,5-6,8-9H2,2-3H3. The van der Waals surface area contributed by atoms with Crippen LogP contribution < -0.4 is 10.2 Å². The maximum Gasteiger partial charge on any atom is 0.472 e. The zero-order chi connectivity index (χ0) is 22.1. The van der Waals surface area contributed by atoms with Gasteiger partial charge < -0.3 is 10.1 Å². The number of carbonyl (C=O) groups excluding carboxylic acids is 2. The third-order valence-corrected chi connectivity index (χ3v) is 5.08. The van der Waals surface area contributed by atoms with E-state index in [1.165, 1.54) is 24.4 Å². The summed E-state index contributed by atoms with van der Waals surface area (Å²) in [4.78, 5) is 29.5. The van der Waals surface area contributed by atoms with Gasteiger partial charge in [-0.25, -0.2) is 9.78 Å². The lowest BCUT2D eigenvalue weighted by Gasteiger charge is -2.30. The molecule has 1 fully saturated rings. The second-order valence-electron chi connectivity index (χ2n) is 7.02. The largest absolute Gasteiger partial charge is 0.472 e. The van der Waals surface area contributed by atoms with Crippen molar-refractivity contribution in [1.29, 1.82) is 0 Å². The van der Waals surface area contributed by atoms with Gasteiger partial charge in [0.05, 0.1) is 12.8 Å². The second-order valence-corrected chi connectivity index (χ2v) is 7.02. The van der Waals surface area contributed by atoms with Crippen molar-refractivity contribution in [3.63, 3.8) is 0 Å². The number of halogens is 3. The summed E-state index contributed by atoms with van der Waals surface area (Å²) < 4.78 is 45.5. The van der Waals surface area contributed by atoms with Crippen LogP contribution in [0.15, 0.2) is 48.0 Å². The first-order chi connectivity index (χ1) is 14.2. The highest BCUT2D eigenvalue weighted by molar-refractivity contribution is 6.06. The van der Waals surface area contributed by atoms with E-state index in [0.29, 0.717) is 29.0 Å². The van der Waals surface area contributed by atoms with Gasteiger partial charge in [0.2, 0.25) is 0 Å². The zero-order valence-electron chi connectivity index (χ0n) is 16.7. The van der Waals surface area contributed by atoms with Gasteiger partial charge in [-0.3, -0.25) is 9.69 Å². The highest BCUT2D eigenvalue weighted by Crippen LogP contribution is 2.42. The van der Waals surface area contributed by atoms with Gasteiger partial charge in [0.15, 0.2) is 5.82 Å². The Kier molecular flexibility index (Phi) is 6.00. The van der Waals surface area contributed by atoms with Gasteiger partial charge in [-0.2, -0.15) is 13.2 Å². The lowest BCUT2D eigenvalue weighted by Crippen LogP contribution is -2.43. The van der Waals surface area contributed by atoms with Gasteiger partial charge in [-0.05, 0) is 43.2 Å². The molecule has 1 aromatic heterocycles. The maximum atomic E-state index is 13.6. The first-order valence-electron chi connectivity index (χ1n) is 9.46. The van der Waals surface area contributed by atoms with Gasteiger partial charge in [-0.1, -0.05) is 18.7 Å². The summed E-state index contributed by atoms with van der Waals surface area (Å²) in [5.74, 6) is -3.23. The van der Waals surface area contributed by atoms with E-state index in [1.54, 1.807) is 7.05 Å². The van der Waals surface area contributed by atoms with Crippen molar-refractivity contribution in [1.82, 2.24) is 10.3 Å². The number of anilines is 1. The number of methoxy groups -OCH3 is 1. The van der Waals surface area contributed by atoms with Crippen molar-refractivity contribution in [2.45, 2.75) is 37.8 Å². The summed E-state index contributed by atoms with van der Waals surface area (Å²) in [5.41, 5.74) is 1.48. The highest BCUT2D eigenvalue weighted by atomic mass is 19.4. The molecule has 0 saturated heterocycles. The van der Waals surface area contributed by atoms with E-state index in [2.05, 4.69) is 16.9 Å². The van der Waals surface area contributed by atoms with E-state index in [9.17, 15) is 22.8 Å². The molecular weight excluding hydrogens is 399 g/mol. The topological polar surface area (TPSA) is 71.5 Å². The number of hydrogen-bond donors (Lipinski definition) is 1. The monoisotopic (exact) mass is 421 g/mol.